The Morgan fingerprint density at radius 2 is 1.79 bits per heavy atom. The summed E-state index contributed by atoms with van der Waals surface area (Å²) in [5.41, 5.74) is -0.0551. The number of aromatic nitrogens is 2. The normalized spacial score (nSPS) is 16.2. The Morgan fingerprint density at radius 1 is 1.08 bits per heavy atom. The number of alkyl halides is 3. The maximum absolute atomic E-state index is 13.6. The lowest BCUT2D eigenvalue weighted by Crippen LogP contribution is -2.47. The number of nitrogens with zero attached hydrogens (tertiary/aromatic N) is 3. The molecule has 0 saturated carbocycles. The average Bonchev–Trinajstić information content (AvgIpc) is 3.22. The molecule has 2 heterocycles. The Hall–Kier alpha value is -2.62. The predicted molar refractivity (Wildman–Crippen MR) is 141 cm³/mol. The van der Waals surface area contributed by atoms with Gasteiger partial charge in [-0.3, -0.25) is 4.68 Å². The van der Waals surface area contributed by atoms with E-state index in [0.29, 0.717) is 12.1 Å². The van der Waals surface area contributed by atoms with Gasteiger partial charge in [-0.05, 0) is 74.4 Å². The Balaban J connectivity index is 1.53. The molecule has 0 fully saturated rings. The van der Waals surface area contributed by atoms with Gasteiger partial charge in [0.2, 0.25) is 6.41 Å². The molecule has 0 radical (unpaired) electrons. The summed E-state index contributed by atoms with van der Waals surface area (Å²) in [4.78, 5) is 1.67. The topological polar surface area (TPSA) is 59.8 Å². The molecule has 0 aliphatic carbocycles. The van der Waals surface area contributed by atoms with Crippen molar-refractivity contribution < 1.29 is 27.8 Å². The maximum Gasteiger partial charge on any atom is 0.435 e. The van der Waals surface area contributed by atoms with Gasteiger partial charge in [-0.2, -0.15) is 18.3 Å². The van der Waals surface area contributed by atoms with Crippen LogP contribution >= 0.6 is 0 Å². The Bertz CT molecular complexity index is 1300. The quantitative estimate of drug-likeness (QED) is 0.338. The summed E-state index contributed by atoms with van der Waals surface area (Å²) >= 11 is 0. The fraction of sp³-hybridized carbons (Fsp3) is 0.552. The smallest absolute Gasteiger partial charge is 0.435 e. The van der Waals surface area contributed by atoms with Crippen LogP contribution in [0, 0.1) is 0 Å². The van der Waals surface area contributed by atoms with Crippen molar-refractivity contribution in [3.63, 3.8) is 0 Å². The number of rotatable bonds is 8. The van der Waals surface area contributed by atoms with Crippen molar-refractivity contribution in [3.05, 3.63) is 58.9 Å². The van der Waals surface area contributed by atoms with Crippen LogP contribution in [0.4, 0.5) is 13.2 Å². The van der Waals surface area contributed by atoms with Crippen LogP contribution in [0.15, 0.2) is 36.4 Å². The second-order valence-electron chi connectivity index (χ2n) is 11.7. The molecule has 1 aromatic heterocycles. The molecule has 0 bridgehead atoms. The van der Waals surface area contributed by atoms with Crippen LogP contribution in [0.25, 0.3) is 10.8 Å². The zero-order valence-electron chi connectivity index (χ0n) is 23.2. The number of hydrogen-bond acceptors (Lipinski definition) is 5. The van der Waals surface area contributed by atoms with Crippen molar-refractivity contribution in [2.75, 3.05) is 13.7 Å². The van der Waals surface area contributed by atoms with Crippen LogP contribution in [0.2, 0.25) is 0 Å². The van der Waals surface area contributed by atoms with Gasteiger partial charge in [-0.15, -0.1) is 0 Å². The SMILES string of the molecule is COc1ccc2cccc(C(C)(C)CC(C)(C)OC(O)N3CCc4c(C(F)(F)F)nn(C(C)C)c4C3)c2c1. The fourth-order valence-corrected chi connectivity index (χ4v) is 5.83. The van der Waals surface area contributed by atoms with E-state index in [2.05, 4.69) is 31.1 Å². The summed E-state index contributed by atoms with van der Waals surface area (Å²) < 4.78 is 53.8. The average molecular weight is 534 g/mol. The van der Waals surface area contributed by atoms with E-state index in [1.165, 1.54) is 4.68 Å². The minimum absolute atomic E-state index is 0.125. The Labute approximate surface area is 222 Å². The monoisotopic (exact) mass is 533 g/mol. The van der Waals surface area contributed by atoms with Crippen LogP contribution in [-0.2, 0) is 29.3 Å². The van der Waals surface area contributed by atoms with Crippen LogP contribution in [0.1, 0.15) is 76.5 Å². The molecule has 0 spiro atoms. The number of methoxy groups -OCH3 is 1. The fourth-order valence-electron chi connectivity index (χ4n) is 5.83. The molecule has 1 aliphatic rings. The van der Waals surface area contributed by atoms with Gasteiger partial charge in [0.1, 0.15) is 5.75 Å². The lowest BCUT2D eigenvalue weighted by molar-refractivity contribution is -0.251. The number of halogens is 3. The number of aliphatic hydroxyl groups excluding tert-OH is 1. The lowest BCUT2D eigenvalue weighted by Gasteiger charge is -2.40. The number of benzene rings is 2. The van der Waals surface area contributed by atoms with E-state index in [1.54, 1.807) is 25.9 Å². The van der Waals surface area contributed by atoms with E-state index in [-0.39, 0.29) is 36.5 Å². The van der Waals surface area contributed by atoms with E-state index in [1.807, 2.05) is 38.1 Å². The first kappa shape index (κ1) is 28.4. The van der Waals surface area contributed by atoms with Gasteiger partial charge in [0, 0.05) is 24.7 Å². The molecule has 1 N–H and O–H groups in total. The van der Waals surface area contributed by atoms with Crippen molar-refractivity contribution in [1.29, 1.82) is 0 Å². The number of ether oxygens (including phenoxy) is 2. The largest absolute Gasteiger partial charge is 0.497 e. The van der Waals surface area contributed by atoms with Crippen LogP contribution in [0.3, 0.4) is 0 Å². The molecule has 9 heteroatoms. The van der Waals surface area contributed by atoms with Crippen LogP contribution in [0.5, 0.6) is 5.75 Å². The third-order valence-corrected chi connectivity index (χ3v) is 7.30. The summed E-state index contributed by atoms with van der Waals surface area (Å²) in [7, 11) is 1.65. The van der Waals surface area contributed by atoms with E-state index in [9.17, 15) is 18.3 Å². The van der Waals surface area contributed by atoms with Crippen molar-refractivity contribution in [2.45, 2.75) is 90.6 Å². The molecule has 2 aromatic carbocycles. The van der Waals surface area contributed by atoms with Gasteiger partial charge in [-0.25, -0.2) is 4.90 Å². The van der Waals surface area contributed by atoms with Crippen molar-refractivity contribution in [2.24, 2.45) is 0 Å². The summed E-state index contributed by atoms with van der Waals surface area (Å²) in [5.74, 6) is 0.783. The van der Waals surface area contributed by atoms with Crippen molar-refractivity contribution in [1.82, 2.24) is 14.7 Å². The maximum atomic E-state index is 13.6. The van der Waals surface area contributed by atoms with Gasteiger partial charge in [0.05, 0.1) is 18.4 Å². The van der Waals surface area contributed by atoms with Crippen molar-refractivity contribution >= 4 is 10.8 Å². The van der Waals surface area contributed by atoms with E-state index >= 15 is 0 Å². The summed E-state index contributed by atoms with van der Waals surface area (Å²) in [5, 5.41) is 17.2. The third kappa shape index (κ3) is 5.70. The van der Waals surface area contributed by atoms with Gasteiger partial charge in [0.15, 0.2) is 5.69 Å². The highest BCUT2D eigenvalue weighted by Crippen LogP contribution is 2.40. The van der Waals surface area contributed by atoms with Gasteiger partial charge >= 0.3 is 6.18 Å². The van der Waals surface area contributed by atoms with Crippen LogP contribution in [-0.4, -0.2) is 45.5 Å². The van der Waals surface area contributed by atoms with Crippen LogP contribution < -0.4 is 4.74 Å². The first-order valence-electron chi connectivity index (χ1n) is 13.0. The molecular formula is C29H38F3N3O3. The Kier molecular flexibility index (Phi) is 7.60. The van der Waals surface area contributed by atoms with E-state index in [0.717, 1.165) is 22.1 Å². The second kappa shape index (κ2) is 10.2. The molecule has 1 unspecified atom stereocenters. The number of fused-ring (bicyclic) bond motifs is 2. The van der Waals surface area contributed by atoms with E-state index in [4.69, 9.17) is 9.47 Å². The first-order valence-corrected chi connectivity index (χ1v) is 13.0. The lowest BCUT2D eigenvalue weighted by atomic mass is 9.74. The molecule has 4 rings (SSSR count). The van der Waals surface area contributed by atoms with Gasteiger partial charge < -0.3 is 14.6 Å². The highest BCUT2D eigenvalue weighted by Gasteiger charge is 2.42. The van der Waals surface area contributed by atoms with E-state index < -0.39 is 23.9 Å². The first-order chi connectivity index (χ1) is 17.6. The summed E-state index contributed by atoms with van der Waals surface area (Å²) in [6.45, 7) is 12.1. The standard InChI is InChI=1S/C29H38F3N3O3/c1-18(2)35-24-16-34(14-13-21(24)25(33-35)29(30,31)32)26(36)38-28(5,6)17-27(3,4)23-10-8-9-19-11-12-20(37-7)15-22(19)23/h8-12,15,18,26,36H,13-14,16-17H2,1-7H3. The van der Waals surface area contributed by atoms with Crippen molar-refractivity contribution in [3.8, 4) is 5.75 Å². The highest BCUT2D eigenvalue weighted by atomic mass is 19.4. The minimum atomic E-state index is -4.51. The molecule has 0 saturated heterocycles. The predicted octanol–water partition coefficient (Wildman–Crippen LogP) is 6.44. The highest BCUT2D eigenvalue weighted by molar-refractivity contribution is 5.88. The number of aliphatic hydroxyl groups is 1. The summed E-state index contributed by atoms with van der Waals surface area (Å²) in [6.07, 6.45) is -5.05. The molecule has 0 amide bonds. The second-order valence-corrected chi connectivity index (χ2v) is 11.7. The molecule has 38 heavy (non-hydrogen) atoms. The van der Waals surface area contributed by atoms with Gasteiger partial charge in [-0.1, -0.05) is 38.1 Å². The molecule has 208 valence electrons. The van der Waals surface area contributed by atoms with Gasteiger partial charge in [0.25, 0.3) is 0 Å². The molecule has 6 nitrogen and oxygen atoms in total. The zero-order valence-corrected chi connectivity index (χ0v) is 23.2. The molecule has 3 aromatic rings. The third-order valence-electron chi connectivity index (χ3n) is 7.30. The number of hydrogen-bond donors (Lipinski definition) is 1. The molecule has 1 aliphatic heterocycles. The Morgan fingerprint density at radius 3 is 2.42 bits per heavy atom. The summed E-state index contributed by atoms with van der Waals surface area (Å²) in [6, 6.07) is 12.0. The minimum Gasteiger partial charge on any atom is -0.497 e. The zero-order chi connectivity index (χ0) is 28.0. The molecular weight excluding hydrogens is 495 g/mol. The molecule has 1 atom stereocenters.